The maximum absolute atomic E-state index is 11.8. The van der Waals surface area contributed by atoms with Gasteiger partial charge in [-0.3, -0.25) is 9.59 Å². The van der Waals surface area contributed by atoms with Crippen LogP contribution >= 0.6 is 0 Å². The maximum atomic E-state index is 11.8. The van der Waals surface area contributed by atoms with Crippen molar-refractivity contribution in [2.24, 2.45) is 11.3 Å². The Balaban J connectivity index is 2.20. The highest BCUT2D eigenvalue weighted by molar-refractivity contribution is 5.86. The smallest absolute Gasteiger partial charge is 0.240 e. The fraction of sp³-hybridized carbons (Fsp3) is 0.769. The van der Waals surface area contributed by atoms with Gasteiger partial charge in [-0.25, -0.2) is 0 Å². The Morgan fingerprint density at radius 3 is 2.44 bits per heavy atom. The Labute approximate surface area is 108 Å². The van der Waals surface area contributed by atoms with Crippen LogP contribution in [0.2, 0.25) is 0 Å². The lowest BCUT2D eigenvalue weighted by Crippen LogP contribution is -2.45. The third-order valence-electron chi connectivity index (χ3n) is 3.20. The molecule has 2 N–H and O–H groups in total. The molecule has 0 heterocycles. The van der Waals surface area contributed by atoms with Crippen LogP contribution < -0.4 is 10.6 Å². The zero-order chi connectivity index (χ0) is 13.6. The number of carbonyl (C=O) groups is 2. The predicted molar refractivity (Wildman–Crippen MR) is 67.4 cm³/mol. The van der Waals surface area contributed by atoms with Gasteiger partial charge in [-0.2, -0.15) is 5.26 Å². The molecular weight excluding hydrogens is 230 g/mol. The monoisotopic (exact) mass is 251 g/mol. The van der Waals surface area contributed by atoms with E-state index in [1.54, 1.807) is 0 Å². The second kappa shape index (κ2) is 6.39. The topological polar surface area (TPSA) is 82.0 Å². The average Bonchev–Trinajstić information content (AvgIpc) is 2.25. The normalized spacial score (nSPS) is 16.6. The lowest BCUT2D eigenvalue weighted by molar-refractivity contribution is -0.131. The molecule has 0 aromatic carbocycles. The van der Waals surface area contributed by atoms with E-state index in [9.17, 15) is 9.59 Å². The van der Waals surface area contributed by atoms with Crippen molar-refractivity contribution in [2.45, 2.75) is 39.5 Å². The van der Waals surface area contributed by atoms with Crippen molar-refractivity contribution >= 4 is 11.8 Å². The van der Waals surface area contributed by atoms with E-state index in [4.69, 9.17) is 5.26 Å². The molecule has 0 spiro atoms. The number of amides is 2. The molecule has 1 rings (SSSR count). The quantitative estimate of drug-likeness (QED) is 0.737. The minimum atomic E-state index is -0.825. The highest BCUT2D eigenvalue weighted by atomic mass is 16.2. The number of rotatable bonds is 6. The molecule has 5 heteroatoms. The fourth-order valence-corrected chi connectivity index (χ4v) is 1.79. The summed E-state index contributed by atoms with van der Waals surface area (Å²) in [6.07, 6.45) is 2.46. The van der Waals surface area contributed by atoms with E-state index in [0.29, 0.717) is 31.8 Å². The molecule has 2 amide bonds. The van der Waals surface area contributed by atoms with Gasteiger partial charge in [0.2, 0.25) is 11.8 Å². The van der Waals surface area contributed by atoms with E-state index < -0.39 is 5.41 Å². The minimum absolute atomic E-state index is 0.0661. The first-order chi connectivity index (χ1) is 8.50. The van der Waals surface area contributed by atoms with E-state index in [0.717, 1.165) is 6.42 Å². The molecule has 1 aliphatic carbocycles. The van der Waals surface area contributed by atoms with Crippen molar-refractivity contribution in [1.82, 2.24) is 10.6 Å². The molecule has 0 atom stereocenters. The average molecular weight is 251 g/mol. The van der Waals surface area contributed by atoms with Crippen LogP contribution in [0.1, 0.15) is 39.5 Å². The second-order valence-corrected chi connectivity index (χ2v) is 5.25. The number of nitrogens with one attached hydrogen (secondary N) is 2. The molecule has 1 aliphatic rings. The van der Waals surface area contributed by atoms with Gasteiger partial charge in [0.1, 0.15) is 5.41 Å². The molecule has 0 saturated heterocycles. The van der Waals surface area contributed by atoms with Gasteiger partial charge >= 0.3 is 0 Å². The summed E-state index contributed by atoms with van der Waals surface area (Å²) in [4.78, 5) is 23.2. The van der Waals surface area contributed by atoms with Crippen LogP contribution in [0, 0.1) is 22.7 Å². The summed E-state index contributed by atoms with van der Waals surface area (Å²) in [6, 6.07) is 2.08. The first kappa shape index (κ1) is 14.5. The fourth-order valence-electron chi connectivity index (χ4n) is 1.79. The first-order valence-electron chi connectivity index (χ1n) is 6.46. The van der Waals surface area contributed by atoms with Gasteiger partial charge in [0.25, 0.3) is 0 Å². The Morgan fingerprint density at radius 2 is 2.00 bits per heavy atom. The summed E-state index contributed by atoms with van der Waals surface area (Å²) in [5.41, 5.74) is -0.825. The summed E-state index contributed by atoms with van der Waals surface area (Å²) in [6.45, 7) is 4.99. The second-order valence-electron chi connectivity index (χ2n) is 5.25. The van der Waals surface area contributed by atoms with Crippen LogP contribution in [0.5, 0.6) is 0 Å². The van der Waals surface area contributed by atoms with E-state index in [-0.39, 0.29) is 18.2 Å². The molecule has 5 nitrogen and oxygen atoms in total. The minimum Gasteiger partial charge on any atom is -0.356 e. The first-order valence-corrected chi connectivity index (χ1v) is 6.46. The third-order valence-corrected chi connectivity index (χ3v) is 3.20. The lowest BCUT2D eigenvalue weighted by Gasteiger charge is -2.33. The SMILES string of the molecule is CC(C)CNC(=O)CCNC(=O)C1(C#N)CCC1. The van der Waals surface area contributed by atoms with Crippen LogP contribution in [0.25, 0.3) is 0 Å². The van der Waals surface area contributed by atoms with E-state index in [2.05, 4.69) is 16.7 Å². The van der Waals surface area contributed by atoms with E-state index >= 15 is 0 Å². The molecule has 0 aliphatic heterocycles. The van der Waals surface area contributed by atoms with Crippen molar-refractivity contribution in [3.63, 3.8) is 0 Å². The molecular formula is C13H21N3O2. The van der Waals surface area contributed by atoms with Crippen LogP contribution in [-0.2, 0) is 9.59 Å². The van der Waals surface area contributed by atoms with Crippen molar-refractivity contribution in [3.8, 4) is 6.07 Å². The van der Waals surface area contributed by atoms with Crippen LogP contribution in [0.3, 0.4) is 0 Å². The van der Waals surface area contributed by atoms with Gasteiger partial charge in [0, 0.05) is 19.5 Å². The van der Waals surface area contributed by atoms with Crippen molar-refractivity contribution in [1.29, 1.82) is 5.26 Å². The Kier molecular flexibility index (Phi) is 5.14. The number of nitrogens with zero attached hydrogens (tertiary/aromatic N) is 1. The molecule has 1 saturated carbocycles. The zero-order valence-corrected chi connectivity index (χ0v) is 11.1. The summed E-state index contributed by atoms with van der Waals surface area (Å²) in [7, 11) is 0. The van der Waals surface area contributed by atoms with E-state index in [1.165, 1.54) is 0 Å². The molecule has 0 radical (unpaired) electrons. The molecule has 1 fully saturated rings. The summed E-state index contributed by atoms with van der Waals surface area (Å²) >= 11 is 0. The van der Waals surface area contributed by atoms with Crippen molar-refractivity contribution in [3.05, 3.63) is 0 Å². The highest BCUT2D eigenvalue weighted by Crippen LogP contribution is 2.40. The molecule has 0 unspecified atom stereocenters. The molecule has 100 valence electrons. The predicted octanol–water partition coefficient (Wildman–Crippen LogP) is 0.959. The largest absolute Gasteiger partial charge is 0.356 e. The summed E-state index contributed by atoms with van der Waals surface area (Å²) in [5.74, 6) is 0.122. The Hall–Kier alpha value is -1.57. The molecule has 0 aromatic heterocycles. The van der Waals surface area contributed by atoms with Crippen LogP contribution in [0.4, 0.5) is 0 Å². The van der Waals surface area contributed by atoms with E-state index in [1.807, 2.05) is 13.8 Å². The Bertz CT molecular complexity index is 354. The zero-order valence-electron chi connectivity index (χ0n) is 11.1. The third kappa shape index (κ3) is 3.73. The highest BCUT2D eigenvalue weighted by Gasteiger charge is 2.44. The van der Waals surface area contributed by atoms with Gasteiger partial charge in [-0.15, -0.1) is 0 Å². The number of nitriles is 1. The number of carbonyl (C=O) groups excluding carboxylic acids is 2. The van der Waals surface area contributed by atoms with Gasteiger partial charge in [0.15, 0.2) is 0 Å². The van der Waals surface area contributed by atoms with Gasteiger partial charge in [0.05, 0.1) is 6.07 Å². The van der Waals surface area contributed by atoms with Gasteiger partial charge < -0.3 is 10.6 Å². The maximum Gasteiger partial charge on any atom is 0.240 e. The summed E-state index contributed by atoms with van der Waals surface area (Å²) in [5, 5.41) is 14.4. The lowest BCUT2D eigenvalue weighted by atomic mass is 9.69. The standard InChI is InChI=1S/C13H21N3O2/c1-10(2)8-16-11(17)4-7-15-12(18)13(9-14)5-3-6-13/h10H,3-8H2,1-2H3,(H,15,18)(H,16,17). The Morgan fingerprint density at radius 1 is 1.33 bits per heavy atom. The van der Waals surface area contributed by atoms with Gasteiger partial charge in [-0.05, 0) is 25.2 Å². The van der Waals surface area contributed by atoms with Crippen LogP contribution in [-0.4, -0.2) is 24.9 Å². The van der Waals surface area contributed by atoms with Gasteiger partial charge in [-0.1, -0.05) is 13.8 Å². The van der Waals surface area contributed by atoms with Crippen molar-refractivity contribution in [2.75, 3.05) is 13.1 Å². The summed E-state index contributed by atoms with van der Waals surface area (Å²) < 4.78 is 0. The van der Waals surface area contributed by atoms with Crippen molar-refractivity contribution < 1.29 is 9.59 Å². The molecule has 0 aromatic rings. The molecule has 18 heavy (non-hydrogen) atoms. The number of hydrogen-bond acceptors (Lipinski definition) is 3. The van der Waals surface area contributed by atoms with Crippen LogP contribution in [0.15, 0.2) is 0 Å². The number of hydrogen-bond donors (Lipinski definition) is 2. The molecule has 0 bridgehead atoms.